The Balaban J connectivity index is 1.68. The minimum atomic E-state index is -0.246. The SMILES string of the molecule is CCn1nnc2cc(C(=O)N(C)CC(=O)Nc3cccc(C)c3)ccc21. The highest BCUT2D eigenvalue weighted by Gasteiger charge is 2.16. The second kappa shape index (κ2) is 7.35. The van der Waals surface area contributed by atoms with Crippen LogP contribution in [0.4, 0.5) is 5.69 Å². The molecule has 7 heteroatoms. The van der Waals surface area contributed by atoms with Crippen molar-refractivity contribution in [2.75, 3.05) is 18.9 Å². The topological polar surface area (TPSA) is 80.1 Å². The van der Waals surface area contributed by atoms with Crippen LogP contribution in [-0.2, 0) is 11.3 Å². The van der Waals surface area contributed by atoms with Gasteiger partial charge in [-0.2, -0.15) is 0 Å². The molecule has 134 valence electrons. The number of aryl methyl sites for hydroxylation is 2. The van der Waals surface area contributed by atoms with Gasteiger partial charge in [-0.25, -0.2) is 4.68 Å². The third-order valence-corrected chi connectivity index (χ3v) is 4.09. The Morgan fingerprint density at radius 1 is 1.19 bits per heavy atom. The van der Waals surface area contributed by atoms with Crippen LogP contribution in [0.3, 0.4) is 0 Å². The molecule has 0 saturated carbocycles. The van der Waals surface area contributed by atoms with Gasteiger partial charge in [-0.15, -0.1) is 5.10 Å². The Kier molecular flexibility index (Phi) is 4.97. The van der Waals surface area contributed by atoms with E-state index in [2.05, 4.69) is 15.6 Å². The molecule has 1 aromatic heterocycles. The summed E-state index contributed by atoms with van der Waals surface area (Å²) in [6, 6.07) is 12.8. The van der Waals surface area contributed by atoms with Crippen LogP contribution in [0.5, 0.6) is 0 Å². The van der Waals surface area contributed by atoms with Crippen LogP contribution in [-0.4, -0.2) is 45.3 Å². The Labute approximate surface area is 151 Å². The zero-order valence-corrected chi connectivity index (χ0v) is 15.1. The molecular formula is C19H21N5O2. The average molecular weight is 351 g/mol. The van der Waals surface area contributed by atoms with E-state index in [9.17, 15) is 9.59 Å². The predicted molar refractivity (Wildman–Crippen MR) is 100.0 cm³/mol. The summed E-state index contributed by atoms with van der Waals surface area (Å²) in [4.78, 5) is 26.2. The predicted octanol–water partition coefficient (Wildman–Crippen LogP) is 2.47. The van der Waals surface area contributed by atoms with Gasteiger partial charge >= 0.3 is 0 Å². The van der Waals surface area contributed by atoms with Gasteiger partial charge in [0, 0.05) is 24.8 Å². The molecule has 0 bridgehead atoms. The van der Waals surface area contributed by atoms with Crippen LogP contribution >= 0.6 is 0 Å². The minimum absolute atomic E-state index is 0.0353. The summed E-state index contributed by atoms with van der Waals surface area (Å²) in [7, 11) is 1.60. The number of fused-ring (bicyclic) bond motifs is 1. The molecule has 3 rings (SSSR count). The number of nitrogens with zero attached hydrogens (tertiary/aromatic N) is 4. The summed E-state index contributed by atoms with van der Waals surface area (Å²) in [5.74, 6) is -0.484. The number of carbonyl (C=O) groups is 2. The van der Waals surface area contributed by atoms with E-state index in [-0.39, 0.29) is 18.4 Å². The minimum Gasteiger partial charge on any atom is -0.332 e. The number of likely N-dealkylation sites (N-methyl/N-ethyl adjacent to an activating group) is 1. The number of benzene rings is 2. The largest absolute Gasteiger partial charge is 0.332 e. The molecule has 0 fully saturated rings. The molecule has 0 atom stereocenters. The lowest BCUT2D eigenvalue weighted by atomic mass is 10.1. The zero-order chi connectivity index (χ0) is 18.7. The number of carbonyl (C=O) groups excluding carboxylic acids is 2. The summed E-state index contributed by atoms with van der Waals surface area (Å²) >= 11 is 0. The molecule has 0 aliphatic rings. The van der Waals surface area contributed by atoms with E-state index < -0.39 is 0 Å². The number of anilines is 1. The molecule has 1 heterocycles. The van der Waals surface area contributed by atoms with Crippen molar-refractivity contribution in [1.29, 1.82) is 0 Å². The van der Waals surface area contributed by atoms with E-state index in [1.807, 2.05) is 44.2 Å². The van der Waals surface area contributed by atoms with Gasteiger partial charge in [0.15, 0.2) is 0 Å². The summed E-state index contributed by atoms with van der Waals surface area (Å²) in [5.41, 5.74) is 3.79. The standard InChI is InChI=1S/C19H21N5O2/c1-4-24-17-9-8-14(11-16(17)21-22-24)19(26)23(3)12-18(25)20-15-7-5-6-13(2)10-15/h5-11H,4,12H2,1-3H3,(H,20,25). The molecule has 0 radical (unpaired) electrons. The molecular weight excluding hydrogens is 330 g/mol. The molecule has 0 aliphatic heterocycles. The third-order valence-electron chi connectivity index (χ3n) is 4.09. The maximum atomic E-state index is 12.6. The molecule has 0 spiro atoms. The number of rotatable bonds is 5. The molecule has 0 saturated heterocycles. The van der Waals surface area contributed by atoms with Gasteiger partial charge in [-0.3, -0.25) is 9.59 Å². The van der Waals surface area contributed by atoms with E-state index in [0.717, 1.165) is 11.1 Å². The van der Waals surface area contributed by atoms with Gasteiger partial charge in [0.05, 0.1) is 12.1 Å². The molecule has 1 N–H and O–H groups in total. The van der Waals surface area contributed by atoms with E-state index in [4.69, 9.17) is 0 Å². The van der Waals surface area contributed by atoms with Crippen molar-refractivity contribution < 1.29 is 9.59 Å². The Bertz CT molecular complexity index is 963. The lowest BCUT2D eigenvalue weighted by molar-refractivity contribution is -0.116. The Morgan fingerprint density at radius 2 is 2.00 bits per heavy atom. The first kappa shape index (κ1) is 17.6. The monoisotopic (exact) mass is 351 g/mol. The highest BCUT2D eigenvalue weighted by molar-refractivity contribution is 6.00. The molecule has 0 unspecified atom stereocenters. The smallest absolute Gasteiger partial charge is 0.254 e. The highest BCUT2D eigenvalue weighted by atomic mass is 16.2. The average Bonchev–Trinajstić information content (AvgIpc) is 3.03. The van der Waals surface area contributed by atoms with Gasteiger partial charge in [0.25, 0.3) is 5.91 Å². The van der Waals surface area contributed by atoms with Crippen LogP contribution < -0.4 is 5.32 Å². The van der Waals surface area contributed by atoms with Gasteiger partial charge < -0.3 is 10.2 Å². The number of aromatic nitrogens is 3. The molecule has 2 amide bonds. The number of hydrogen-bond acceptors (Lipinski definition) is 4. The first-order valence-corrected chi connectivity index (χ1v) is 8.43. The number of nitrogens with one attached hydrogen (secondary N) is 1. The maximum absolute atomic E-state index is 12.6. The van der Waals surface area contributed by atoms with Crippen LogP contribution in [0.1, 0.15) is 22.8 Å². The van der Waals surface area contributed by atoms with Crippen molar-refractivity contribution in [2.45, 2.75) is 20.4 Å². The lowest BCUT2D eigenvalue weighted by Crippen LogP contribution is -2.34. The summed E-state index contributed by atoms with van der Waals surface area (Å²) < 4.78 is 1.77. The van der Waals surface area contributed by atoms with Crippen molar-refractivity contribution in [3.63, 3.8) is 0 Å². The summed E-state index contributed by atoms with van der Waals surface area (Å²) in [6.45, 7) is 4.61. The molecule has 7 nitrogen and oxygen atoms in total. The molecule has 26 heavy (non-hydrogen) atoms. The summed E-state index contributed by atoms with van der Waals surface area (Å²) in [6.07, 6.45) is 0. The van der Waals surface area contributed by atoms with Crippen LogP contribution in [0.15, 0.2) is 42.5 Å². The van der Waals surface area contributed by atoms with Gasteiger partial charge in [-0.1, -0.05) is 17.3 Å². The zero-order valence-electron chi connectivity index (χ0n) is 15.1. The van der Waals surface area contributed by atoms with Crippen molar-refractivity contribution in [2.24, 2.45) is 0 Å². The van der Waals surface area contributed by atoms with Crippen molar-refractivity contribution >= 4 is 28.5 Å². The fourth-order valence-corrected chi connectivity index (χ4v) is 2.77. The maximum Gasteiger partial charge on any atom is 0.254 e. The molecule has 0 aliphatic carbocycles. The Hall–Kier alpha value is -3.22. The van der Waals surface area contributed by atoms with Gasteiger partial charge in [-0.05, 0) is 49.7 Å². The van der Waals surface area contributed by atoms with E-state index >= 15 is 0 Å². The first-order valence-electron chi connectivity index (χ1n) is 8.43. The van der Waals surface area contributed by atoms with Gasteiger partial charge in [0.2, 0.25) is 5.91 Å². The first-order chi connectivity index (χ1) is 12.5. The van der Waals surface area contributed by atoms with Crippen LogP contribution in [0, 0.1) is 6.92 Å². The number of hydrogen-bond donors (Lipinski definition) is 1. The second-order valence-electron chi connectivity index (χ2n) is 6.19. The fraction of sp³-hybridized carbons (Fsp3) is 0.263. The highest BCUT2D eigenvalue weighted by Crippen LogP contribution is 2.15. The van der Waals surface area contributed by atoms with Gasteiger partial charge in [0.1, 0.15) is 5.52 Å². The van der Waals surface area contributed by atoms with E-state index in [1.165, 1.54) is 4.90 Å². The van der Waals surface area contributed by atoms with Crippen molar-refractivity contribution in [3.8, 4) is 0 Å². The fourth-order valence-electron chi connectivity index (χ4n) is 2.77. The van der Waals surface area contributed by atoms with Crippen LogP contribution in [0.2, 0.25) is 0 Å². The normalized spacial score (nSPS) is 10.7. The van der Waals surface area contributed by atoms with Crippen LogP contribution in [0.25, 0.3) is 11.0 Å². The molecule has 2 aromatic carbocycles. The second-order valence-corrected chi connectivity index (χ2v) is 6.19. The van der Waals surface area contributed by atoms with Crippen molar-refractivity contribution in [3.05, 3.63) is 53.6 Å². The third kappa shape index (κ3) is 3.72. The Morgan fingerprint density at radius 3 is 2.73 bits per heavy atom. The number of amides is 2. The van der Waals surface area contributed by atoms with E-state index in [1.54, 1.807) is 23.9 Å². The van der Waals surface area contributed by atoms with Crippen molar-refractivity contribution in [1.82, 2.24) is 19.9 Å². The molecule has 3 aromatic rings. The summed E-state index contributed by atoms with van der Waals surface area (Å²) in [5, 5.41) is 10.9. The lowest BCUT2D eigenvalue weighted by Gasteiger charge is -2.17. The quantitative estimate of drug-likeness (QED) is 0.766. The van der Waals surface area contributed by atoms with E-state index in [0.29, 0.717) is 23.3 Å².